The first kappa shape index (κ1) is 13.5. The van der Waals surface area contributed by atoms with Crippen molar-refractivity contribution in [1.82, 2.24) is 5.32 Å². The summed E-state index contributed by atoms with van der Waals surface area (Å²) in [4.78, 5) is 0. The molecule has 3 aromatic rings. The summed E-state index contributed by atoms with van der Waals surface area (Å²) >= 11 is 3.48. The summed E-state index contributed by atoms with van der Waals surface area (Å²) in [5, 5.41) is 4.58. The third-order valence-corrected chi connectivity index (χ3v) is 3.89. The number of halogens is 1. The second kappa shape index (κ2) is 5.46. The summed E-state index contributed by atoms with van der Waals surface area (Å²) in [6.07, 6.45) is 1.69. The molecule has 3 rings (SSSR count). The van der Waals surface area contributed by atoms with E-state index in [0.717, 1.165) is 27.0 Å². The molecule has 0 saturated heterocycles. The van der Waals surface area contributed by atoms with Crippen LogP contribution in [0.1, 0.15) is 37.5 Å². The van der Waals surface area contributed by atoms with Gasteiger partial charge in [-0.15, -0.1) is 0 Å². The van der Waals surface area contributed by atoms with Crippen molar-refractivity contribution < 1.29 is 8.83 Å². The van der Waals surface area contributed by atoms with Gasteiger partial charge in [0, 0.05) is 9.86 Å². The van der Waals surface area contributed by atoms with E-state index in [0.29, 0.717) is 0 Å². The summed E-state index contributed by atoms with van der Waals surface area (Å²) in [5.74, 6) is 1.85. The van der Waals surface area contributed by atoms with Crippen LogP contribution in [-0.4, -0.2) is 0 Å². The fraction of sp³-hybridized carbons (Fsp3) is 0.250. The van der Waals surface area contributed by atoms with E-state index < -0.39 is 0 Å². The summed E-state index contributed by atoms with van der Waals surface area (Å²) < 4.78 is 12.4. The van der Waals surface area contributed by atoms with Crippen LogP contribution in [0.25, 0.3) is 11.0 Å². The van der Waals surface area contributed by atoms with Crippen LogP contribution in [0.2, 0.25) is 0 Å². The van der Waals surface area contributed by atoms with E-state index in [2.05, 4.69) is 47.2 Å². The van der Waals surface area contributed by atoms with Gasteiger partial charge in [0.2, 0.25) is 0 Å². The van der Waals surface area contributed by atoms with Gasteiger partial charge in [-0.2, -0.15) is 0 Å². The molecule has 3 nitrogen and oxygen atoms in total. The van der Waals surface area contributed by atoms with Crippen LogP contribution in [0.5, 0.6) is 0 Å². The van der Waals surface area contributed by atoms with E-state index in [1.807, 2.05) is 24.3 Å². The van der Waals surface area contributed by atoms with Gasteiger partial charge in [0.25, 0.3) is 0 Å². The lowest BCUT2D eigenvalue weighted by Gasteiger charge is -2.16. The molecule has 4 heteroatoms. The lowest BCUT2D eigenvalue weighted by Crippen LogP contribution is -2.21. The van der Waals surface area contributed by atoms with Crippen LogP contribution in [0.4, 0.5) is 0 Å². The molecule has 0 amide bonds. The first-order valence-electron chi connectivity index (χ1n) is 6.62. The number of fused-ring (bicyclic) bond motifs is 1. The number of rotatable bonds is 4. The van der Waals surface area contributed by atoms with Crippen molar-refractivity contribution in [3.63, 3.8) is 0 Å². The Balaban J connectivity index is 1.80. The standard InChI is InChI=1S/C16H16BrNO2/c1-10(14-4-3-7-19-14)18-11(2)16-9-12-8-13(17)5-6-15(12)20-16/h3-11,18H,1-2H3. The molecule has 2 heterocycles. The molecular formula is C16H16BrNO2. The average molecular weight is 334 g/mol. The summed E-state index contributed by atoms with van der Waals surface area (Å²) in [6.45, 7) is 4.17. The normalized spacial score (nSPS) is 14.6. The van der Waals surface area contributed by atoms with E-state index in [-0.39, 0.29) is 12.1 Å². The minimum absolute atomic E-state index is 0.112. The number of nitrogens with one attached hydrogen (secondary N) is 1. The zero-order chi connectivity index (χ0) is 14.1. The van der Waals surface area contributed by atoms with Crippen LogP contribution in [-0.2, 0) is 0 Å². The smallest absolute Gasteiger partial charge is 0.134 e. The molecule has 1 N–H and O–H groups in total. The number of hydrogen-bond donors (Lipinski definition) is 1. The summed E-state index contributed by atoms with van der Waals surface area (Å²) in [6, 6.07) is 12.2. The van der Waals surface area contributed by atoms with Crippen molar-refractivity contribution in [2.24, 2.45) is 0 Å². The van der Waals surface area contributed by atoms with Gasteiger partial charge in [0.05, 0.1) is 18.3 Å². The molecule has 0 fully saturated rings. The van der Waals surface area contributed by atoms with E-state index in [4.69, 9.17) is 8.83 Å². The molecule has 0 spiro atoms. The maximum absolute atomic E-state index is 5.89. The molecule has 0 saturated carbocycles. The van der Waals surface area contributed by atoms with Crippen LogP contribution in [0.3, 0.4) is 0 Å². The quantitative estimate of drug-likeness (QED) is 0.713. The molecule has 0 aliphatic rings. The summed E-state index contributed by atoms with van der Waals surface area (Å²) in [7, 11) is 0. The van der Waals surface area contributed by atoms with E-state index in [9.17, 15) is 0 Å². The van der Waals surface area contributed by atoms with Gasteiger partial charge in [-0.1, -0.05) is 15.9 Å². The number of hydrogen-bond acceptors (Lipinski definition) is 3. The van der Waals surface area contributed by atoms with Gasteiger partial charge >= 0.3 is 0 Å². The van der Waals surface area contributed by atoms with Crippen LogP contribution < -0.4 is 5.32 Å². The van der Waals surface area contributed by atoms with Crippen LogP contribution in [0.15, 0.2) is 56.0 Å². The molecule has 0 aliphatic carbocycles. The van der Waals surface area contributed by atoms with Crippen molar-refractivity contribution in [2.45, 2.75) is 25.9 Å². The van der Waals surface area contributed by atoms with Gasteiger partial charge in [-0.3, -0.25) is 5.32 Å². The minimum Gasteiger partial charge on any atom is -0.468 e. The highest BCUT2D eigenvalue weighted by atomic mass is 79.9. The molecular weight excluding hydrogens is 318 g/mol. The monoisotopic (exact) mass is 333 g/mol. The van der Waals surface area contributed by atoms with Crippen molar-refractivity contribution >= 4 is 26.9 Å². The summed E-state index contributed by atoms with van der Waals surface area (Å²) in [5.41, 5.74) is 0.905. The third-order valence-electron chi connectivity index (χ3n) is 3.39. The van der Waals surface area contributed by atoms with Crippen molar-refractivity contribution in [3.8, 4) is 0 Å². The maximum Gasteiger partial charge on any atom is 0.134 e. The van der Waals surface area contributed by atoms with Gasteiger partial charge < -0.3 is 8.83 Å². The molecule has 20 heavy (non-hydrogen) atoms. The third kappa shape index (κ3) is 2.67. The highest BCUT2D eigenvalue weighted by molar-refractivity contribution is 9.10. The predicted molar refractivity (Wildman–Crippen MR) is 82.6 cm³/mol. The Morgan fingerprint density at radius 2 is 1.85 bits per heavy atom. The molecule has 0 aliphatic heterocycles. The van der Waals surface area contributed by atoms with E-state index >= 15 is 0 Å². The number of furan rings is 2. The molecule has 0 bridgehead atoms. The van der Waals surface area contributed by atoms with E-state index in [1.54, 1.807) is 6.26 Å². The fourth-order valence-corrected chi connectivity index (χ4v) is 2.70. The molecule has 2 aromatic heterocycles. The Morgan fingerprint density at radius 1 is 1.05 bits per heavy atom. The van der Waals surface area contributed by atoms with Crippen molar-refractivity contribution in [3.05, 3.63) is 58.7 Å². The first-order chi connectivity index (χ1) is 9.63. The van der Waals surface area contributed by atoms with Gasteiger partial charge in [-0.25, -0.2) is 0 Å². The van der Waals surface area contributed by atoms with Crippen LogP contribution >= 0.6 is 15.9 Å². The Labute approximate surface area is 126 Å². The topological polar surface area (TPSA) is 38.3 Å². The molecule has 2 unspecified atom stereocenters. The largest absolute Gasteiger partial charge is 0.468 e. The van der Waals surface area contributed by atoms with E-state index in [1.165, 1.54) is 0 Å². The first-order valence-corrected chi connectivity index (χ1v) is 7.41. The van der Waals surface area contributed by atoms with Gasteiger partial charge in [0.15, 0.2) is 0 Å². The second-order valence-electron chi connectivity index (χ2n) is 4.96. The van der Waals surface area contributed by atoms with Crippen LogP contribution in [0, 0.1) is 0 Å². The second-order valence-corrected chi connectivity index (χ2v) is 5.87. The highest BCUT2D eigenvalue weighted by Crippen LogP contribution is 2.28. The highest BCUT2D eigenvalue weighted by Gasteiger charge is 2.16. The lowest BCUT2D eigenvalue weighted by atomic mass is 10.1. The molecule has 104 valence electrons. The number of benzene rings is 1. The minimum atomic E-state index is 0.112. The lowest BCUT2D eigenvalue weighted by molar-refractivity contribution is 0.373. The zero-order valence-electron chi connectivity index (χ0n) is 11.4. The predicted octanol–water partition coefficient (Wildman–Crippen LogP) is 5.20. The van der Waals surface area contributed by atoms with Crippen molar-refractivity contribution in [2.75, 3.05) is 0 Å². The molecule has 1 aromatic carbocycles. The molecule has 2 atom stereocenters. The van der Waals surface area contributed by atoms with Gasteiger partial charge in [0.1, 0.15) is 17.1 Å². The van der Waals surface area contributed by atoms with Gasteiger partial charge in [-0.05, 0) is 50.2 Å². The zero-order valence-corrected chi connectivity index (χ0v) is 13.0. The van der Waals surface area contributed by atoms with Crippen molar-refractivity contribution in [1.29, 1.82) is 0 Å². The Morgan fingerprint density at radius 3 is 2.60 bits per heavy atom. The average Bonchev–Trinajstić information content (AvgIpc) is 3.07. The fourth-order valence-electron chi connectivity index (χ4n) is 2.33. The maximum atomic E-state index is 5.89. The SMILES string of the molecule is CC(NC(C)c1cc2cc(Br)ccc2o1)c1ccco1. The Bertz CT molecular complexity index is 702. The molecule has 0 radical (unpaired) electrons. The Kier molecular flexibility index (Phi) is 3.68. The Hall–Kier alpha value is -1.52.